The lowest BCUT2D eigenvalue weighted by Crippen LogP contribution is -2.25. The number of rotatable bonds is 6. The molecule has 0 atom stereocenters. The van der Waals surface area contributed by atoms with Crippen LogP contribution in [0.4, 0.5) is 0 Å². The lowest BCUT2D eigenvalue weighted by molar-refractivity contribution is -0.132. The number of carboxylic acid groups (broad SMARTS) is 1. The molecule has 0 bridgehead atoms. The normalized spacial score (nSPS) is 10.6. The van der Waals surface area contributed by atoms with Gasteiger partial charge >= 0.3 is 5.97 Å². The van der Waals surface area contributed by atoms with Gasteiger partial charge in [0, 0.05) is 17.7 Å². The van der Waals surface area contributed by atoms with E-state index in [0.717, 1.165) is 0 Å². The summed E-state index contributed by atoms with van der Waals surface area (Å²) in [5.74, 6) is -1.35. The van der Waals surface area contributed by atoms with Gasteiger partial charge in [-0.05, 0) is 37.1 Å². The number of nitrogens with zero attached hydrogens (tertiary/aromatic N) is 1. The first kappa shape index (κ1) is 16.2. The highest BCUT2D eigenvalue weighted by Gasteiger charge is 2.09. The largest absolute Gasteiger partial charge is 0.478 e. The Kier molecular flexibility index (Phi) is 5.90. The van der Waals surface area contributed by atoms with Crippen LogP contribution in [0.1, 0.15) is 24.5 Å². The average Bonchev–Trinajstić information content (AvgIpc) is 2.45. The van der Waals surface area contributed by atoms with Crippen molar-refractivity contribution in [3.05, 3.63) is 53.1 Å². The van der Waals surface area contributed by atoms with Crippen molar-refractivity contribution in [1.29, 1.82) is 5.26 Å². The maximum Gasteiger partial charge on any atom is 0.331 e. The molecule has 0 heterocycles. The van der Waals surface area contributed by atoms with E-state index in [1.54, 1.807) is 31.2 Å². The standard InChI is InChI=1S/C16H16N2O3/c1-11(2)15(19)18-7-6-14(16(20)21)9-12-4-3-5-13(8-12)10-17/h3-5,8-9H,1,6-7H2,2H3,(H,18,19)(H,20,21)/b14-9+. The highest BCUT2D eigenvalue weighted by atomic mass is 16.4. The minimum atomic E-state index is -1.05. The number of benzene rings is 1. The predicted octanol–water partition coefficient (Wildman–Crippen LogP) is 2.11. The Morgan fingerprint density at radius 3 is 2.76 bits per heavy atom. The lowest BCUT2D eigenvalue weighted by atomic mass is 10.1. The fourth-order valence-electron chi connectivity index (χ4n) is 1.60. The second-order valence-corrected chi connectivity index (χ2v) is 4.50. The van der Waals surface area contributed by atoms with Crippen molar-refractivity contribution >= 4 is 18.0 Å². The number of carboxylic acids is 1. The van der Waals surface area contributed by atoms with Gasteiger partial charge in [0.05, 0.1) is 11.6 Å². The molecule has 1 aromatic carbocycles. The van der Waals surface area contributed by atoms with Crippen molar-refractivity contribution in [3.63, 3.8) is 0 Å². The van der Waals surface area contributed by atoms with E-state index in [2.05, 4.69) is 11.9 Å². The number of nitrogens with one attached hydrogen (secondary N) is 1. The maximum absolute atomic E-state index is 11.3. The van der Waals surface area contributed by atoms with Gasteiger partial charge in [-0.1, -0.05) is 18.7 Å². The Morgan fingerprint density at radius 1 is 1.48 bits per heavy atom. The molecule has 5 nitrogen and oxygen atoms in total. The molecular formula is C16H16N2O3. The molecule has 1 rings (SSSR count). The van der Waals surface area contributed by atoms with Crippen molar-refractivity contribution in [2.24, 2.45) is 0 Å². The zero-order chi connectivity index (χ0) is 15.8. The van der Waals surface area contributed by atoms with Gasteiger partial charge in [-0.3, -0.25) is 4.79 Å². The maximum atomic E-state index is 11.3. The van der Waals surface area contributed by atoms with E-state index >= 15 is 0 Å². The van der Waals surface area contributed by atoms with Crippen molar-refractivity contribution in [3.8, 4) is 6.07 Å². The summed E-state index contributed by atoms with van der Waals surface area (Å²) >= 11 is 0. The summed E-state index contributed by atoms with van der Waals surface area (Å²) in [5.41, 5.74) is 1.63. The fraction of sp³-hybridized carbons (Fsp3) is 0.188. The zero-order valence-corrected chi connectivity index (χ0v) is 11.7. The van der Waals surface area contributed by atoms with Crippen molar-refractivity contribution < 1.29 is 14.7 Å². The highest BCUT2D eigenvalue weighted by molar-refractivity contribution is 5.93. The van der Waals surface area contributed by atoms with Crippen LogP contribution >= 0.6 is 0 Å². The zero-order valence-electron chi connectivity index (χ0n) is 11.7. The van der Waals surface area contributed by atoms with Crippen molar-refractivity contribution in [2.75, 3.05) is 6.54 Å². The van der Waals surface area contributed by atoms with Gasteiger partial charge in [0.15, 0.2) is 0 Å². The summed E-state index contributed by atoms with van der Waals surface area (Å²) in [6.45, 7) is 5.29. The van der Waals surface area contributed by atoms with Crippen molar-refractivity contribution in [2.45, 2.75) is 13.3 Å². The first-order valence-electron chi connectivity index (χ1n) is 6.31. The summed E-state index contributed by atoms with van der Waals surface area (Å²) in [5, 5.41) is 20.6. The second-order valence-electron chi connectivity index (χ2n) is 4.50. The van der Waals surface area contributed by atoms with Crippen LogP contribution in [0.5, 0.6) is 0 Å². The van der Waals surface area contributed by atoms with Crippen LogP contribution in [-0.2, 0) is 9.59 Å². The minimum Gasteiger partial charge on any atom is -0.478 e. The number of aliphatic carboxylic acids is 1. The average molecular weight is 284 g/mol. The van der Waals surface area contributed by atoms with Gasteiger partial charge in [0.1, 0.15) is 0 Å². The third kappa shape index (κ3) is 5.33. The number of carbonyl (C=O) groups is 2. The molecule has 5 heteroatoms. The summed E-state index contributed by atoms with van der Waals surface area (Å²) < 4.78 is 0. The van der Waals surface area contributed by atoms with Crippen LogP contribution in [-0.4, -0.2) is 23.5 Å². The van der Waals surface area contributed by atoms with Crippen LogP contribution in [0.15, 0.2) is 42.0 Å². The molecular weight excluding hydrogens is 268 g/mol. The molecule has 0 saturated heterocycles. The second kappa shape index (κ2) is 7.65. The molecule has 0 aliphatic rings. The molecule has 0 aromatic heterocycles. The Balaban J connectivity index is 2.79. The summed E-state index contributed by atoms with van der Waals surface area (Å²) in [6.07, 6.45) is 1.68. The van der Waals surface area contributed by atoms with Gasteiger partial charge in [-0.2, -0.15) is 5.26 Å². The summed E-state index contributed by atoms with van der Waals surface area (Å²) in [6, 6.07) is 8.65. The molecule has 1 aromatic rings. The molecule has 108 valence electrons. The lowest BCUT2D eigenvalue weighted by Gasteiger charge is -2.06. The number of hydrogen-bond donors (Lipinski definition) is 2. The summed E-state index contributed by atoms with van der Waals surface area (Å²) in [7, 11) is 0. The molecule has 0 unspecified atom stereocenters. The monoisotopic (exact) mass is 284 g/mol. The van der Waals surface area contributed by atoms with Gasteiger partial charge in [-0.25, -0.2) is 4.79 Å². The molecule has 1 amide bonds. The Morgan fingerprint density at radius 2 is 2.19 bits per heavy atom. The Labute approximate surface area is 123 Å². The smallest absolute Gasteiger partial charge is 0.331 e. The van der Waals surface area contributed by atoms with Gasteiger partial charge in [0.25, 0.3) is 0 Å². The van der Waals surface area contributed by atoms with E-state index in [4.69, 9.17) is 5.26 Å². The van der Waals surface area contributed by atoms with Crippen LogP contribution < -0.4 is 5.32 Å². The number of carbonyl (C=O) groups excluding carboxylic acids is 1. The Bertz CT molecular complexity index is 639. The first-order chi connectivity index (χ1) is 9.93. The van der Waals surface area contributed by atoms with Crippen LogP contribution in [0.25, 0.3) is 6.08 Å². The first-order valence-corrected chi connectivity index (χ1v) is 6.31. The molecule has 0 fully saturated rings. The van der Waals surface area contributed by atoms with E-state index < -0.39 is 5.97 Å². The molecule has 0 saturated carbocycles. The topological polar surface area (TPSA) is 90.2 Å². The molecule has 0 spiro atoms. The Hall–Kier alpha value is -2.87. The predicted molar refractivity (Wildman–Crippen MR) is 79.2 cm³/mol. The highest BCUT2D eigenvalue weighted by Crippen LogP contribution is 2.12. The quantitative estimate of drug-likeness (QED) is 0.783. The third-order valence-corrected chi connectivity index (χ3v) is 2.70. The number of hydrogen-bond acceptors (Lipinski definition) is 3. The van der Waals surface area contributed by atoms with Crippen molar-refractivity contribution in [1.82, 2.24) is 5.32 Å². The van der Waals surface area contributed by atoms with E-state index in [0.29, 0.717) is 16.7 Å². The van der Waals surface area contributed by atoms with E-state index in [1.165, 1.54) is 6.08 Å². The van der Waals surface area contributed by atoms with Crippen LogP contribution in [0, 0.1) is 11.3 Å². The molecule has 0 aliphatic heterocycles. The fourth-order valence-corrected chi connectivity index (χ4v) is 1.60. The van der Waals surface area contributed by atoms with E-state index in [1.807, 2.05) is 6.07 Å². The van der Waals surface area contributed by atoms with Gasteiger partial charge in [0.2, 0.25) is 5.91 Å². The van der Waals surface area contributed by atoms with Gasteiger partial charge in [-0.15, -0.1) is 0 Å². The summed E-state index contributed by atoms with van der Waals surface area (Å²) in [4.78, 5) is 22.5. The van der Waals surface area contributed by atoms with Crippen LogP contribution in [0.2, 0.25) is 0 Å². The molecule has 2 N–H and O–H groups in total. The number of nitriles is 1. The van der Waals surface area contributed by atoms with Crippen LogP contribution in [0.3, 0.4) is 0 Å². The molecule has 21 heavy (non-hydrogen) atoms. The van der Waals surface area contributed by atoms with Gasteiger partial charge < -0.3 is 10.4 Å². The third-order valence-electron chi connectivity index (χ3n) is 2.70. The SMILES string of the molecule is C=C(C)C(=O)NCC/C(=C\c1cccc(C#N)c1)C(=O)O. The number of amides is 1. The molecule has 0 aliphatic carbocycles. The molecule has 0 radical (unpaired) electrons. The van der Waals surface area contributed by atoms with E-state index in [-0.39, 0.29) is 24.4 Å². The minimum absolute atomic E-state index is 0.159. The van der Waals surface area contributed by atoms with E-state index in [9.17, 15) is 14.7 Å².